The predicted molar refractivity (Wildman–Crippen MR) is 91.9 cm³/mol. The van der Waals surface area contributed by atoms with Gasteiger partial charge < -0.3 is 14.8 Å². The molecule has 24 heavy (non-hydrogen) atoms. The van der Waals surface area contributed by atoms with Crippen LogP contribution in [-0.4, -0.2) is 25.6 Å². The first kappa shape index (κ1) is 17.5. The first-order chi connectivity index (χ1) is 11.6. The lowest BCUT2D eigenvalue weighted by atomic mass is 9.98. The molecule has 0 fully saturated rings. The predicted octanol–water partition coefficient (Wildman–Crippen LogP) is 3.06. The summed E-state index contributed by atoms with van der Waals surface area (Å²) >= 11 is 0. The van der Waals surface area contributed by atoms with Crippen molar-refractivity contribution in [2.24, 2.45) is 5.92 Å². The molecule has 2 rings (SSSR count). The molecule has 1 atom stereocenters. The van der Waals surface area contributed by atoms with Crippen molar-refractivity contribution in [2.75, 3.05) is 19.0 Å². The molecule has 0 bridgehead atoms. The fourth-order valence-corrected chi connectivity index (χ4v) is 2.31. The van der Waals surface area contributed by atoms with Gasteiger partial charge in [-0.2, -0.15) is 0 Å². The molecule has 0 aromatic heterocycles. The molecule has 5 nitrogen and oxygen atoms in total. The van der Waals surface area contributed by atoms with Gasteiger partial charge in [-0.15, -0.1) is 0 Å². The number of anilines is 1. The SMILES string of the molecule is CCOC(=O)C(Cc1ccccc1)C(=O)Nc1cccc(OC)c1. The number of hydrogen-bond donors (Lipinski definition) is 1. The van der Waals surface area contributed by atoms with Gasteiger partial charge >= 0.3 is 5.97 Å². The average molecular weight is 327 g/mol. The van der Waals surface area contributed by atoms with Crippen LogP contribution in [0.2, 0.25) is 0 Å². The number of carbonyl (C=O) groups is 2. The minimum atomic E-state index is -0.904. The molecule has 0 aliphatic heterocycles. The minimum absolute atomic E-state index is 0.233. The smallest absolute Gasteiger partial charge is 0.318 e. The van der Waals surface area contributed by atoms with Gasteiger partial charge in [-0.1, -0.05) is 36.4 Å². The molecule has 2 aromatic rings. The van der Waals surface area contributed by atoms with Crippen LogP contribution in [0, 0.1) is 5.92 Å². The van der Waals surface area contributed by atoms with E-state index in [9.17, 15) is 9.59 Å². The molecule has 0 aliphatic rings. The third-order valence-corrected chi connectivity index (χ3v) is 3.51. The van der Waals surface area contributed by atoms with E-state index in [1.165, 1.54) is 0 Å². The summed E-state index contributed by atoms with van der Waals surface area (Å²) in [5, 5.41) is 2.76. The third kappa shape index (κ3) is 4.84. The standard InChI is InChI=1S/C19H21NO4/c1-3-24-19(22)17(12-14-8-5-4-6-9-14)18(21)20-15-10-7-11-16(13-15)23-2/h4-11,13,17H,3,12H2,1-2H3,(H,20,21). The topological polar surface area (TPSA) is 64.6 Å². The lowest BCUT2D eigenvalue weighted by Gasteiger charge is -2.16. The average Bonchev–Trinajstić information content (AvgIpc) is 2.60. The first-order valence-electron chi connectivity index (χ1n) is 7.79. The summed E-state index contributed by atoms with van der Waals surface area (Å²) in [7, 11) is 1.55. The summed E-state index contributed by atoms with van der Waals surface area (Å²) in [5.41, 5.74) is 1.47. The Balaban J connectivity index is 2.15. The molecule has 0 spiro atoms. The van der Waals surface area contributed by atoms with Crippen LogP contribution in [0.1, 0.15) is 12.5 Å². The van der Waals surface area contributed by atoms with Crippen molar-refractivity contribution < 1.29 is 19.1 Å². The number of rotatable bonds is 7. The zero-order valence-corrected chi connectivity index (χ0v) is 13.8. The van der Waals surface area contributed by atoms with E-state index < -0.39 is 17.8 Å². The molecule has 0 saturated heterocycles. The number of esters is 1. The summed E-state index contributed by atoms with van der Waals surface area (Å²) in [6.07, 6.45) is 0.287. The summed E-state index contributed by atoms with van der Waals surface area (Å²) < 4.78 is 10.2. The highest BCUT2D eigenvalue weighted by molar-refractivity contribution is 6.05. The van der Waals surface area contributed by atoms with Crippen LogP contribution in [0.4, 0.5) is 5.69 Å². The zero-order chi connectivity index (χ0) is 17.4. The van der Waals surface area contributed by atoms with E-state index >= 15 is 0 Å². The van der Waals surface area contributed by atoms with Gasteiger partial charge in [0.15, 0.2) is 0 Å². The van der Waals surface area contributed by atoms with Crippen molar-refractivity contribution >= 4 is 17.6 Å². The number of hydrogen-bond acceptors (Lipinski definition) is 4. The Bertz CT molecular complexity index is 685. The number of methoxy groups -OCH3 is 1. The highest BCUT2D eigenvalue weighted by atomic mass is 16.5. The summed E-state index contributed by atoms with van der Waals surface area (Å²) in [6.45, 7) is 1.95. The lowest BCUT2D eigenvalue weighted by molar-refractivity contribution is -0.150. The van der Waals surface area contributed by atoms with E-state index in [1.54, 1.807) is 38.3 Å². The molecular formula is C19H21NO4. The third-order valence-electron chi connectivity index (χ3n) is 3.51. The number of amides is 1. The van der Waals surface area contributed by atoms with Crippen LogP contribution < -0.4 is 10.1 Å². The number of ether oxygens (including phenoxy) is 2. The van der Waals surface area contributed by atoms with Gasteiger partial charge in [0.1, 0.15) is 11.7 Å². The van der Waals surface area contributed by atoms with E-state index in [0.717, 1.165) is 5.56 Å². The Morgan fingerprint density at radius 1 is 1.08 bits per heavy atom. The van der Waals surface area contributed by atoms with Crippen LogP contribution in [0.5, 0.6) is 5.75 Å². The van der Waals surface area contributed by atoms with Gasteiger partial charge in [-0.25, -0.2) is 0 Å². The van der Waals surface area contributed by atoms with Crippen LogP contribution in [0.15, 0.2) is 54.6 Å². The van der Waals surface area contributed by atoms with E-state index in [-0.39, 0.29) is 13.0 Å². The van der Waals surface area contributed by atoms with E-state index in [2.05, 4.69) is 5.32 Å². The second-order valence-electron chi connectivity index (χ2n) is 5.22. The second kappa shape index (κ2) is 8.72. The van der Waals surface area contributed by atoms with Crippen molar-refractivity contribution in [3.8, 4) is 5.75 Å². The molecule has 126 valence electrons. The maximum Gasteiger partial charge on any atom is 0.318 e. The van der Waals surface area contributed by atoms with E-state index in [4.69, 9.17) is 9.47 Å². The van der Waals surface area contributed by atoms with Gasteiger partial charge in [0.2, 0.25) is 5.91 Å². The van der Waals surface area contributed by atoms with Gasteiger partial charge in [0.05, 0.1) is 13.7 Å². The normalized spacial score (nSPS) is 11.4. The van der Waals surface area contributed by atoms with Crippen molar-refractivity contribution in [1.82, 2.24) is 0 Å². The number of carbonyl (C=O) groups excluding carboxylic acids is 2. The second-order valence-corrected chi connectivity index (χ2v) is 5.22. The lowest BCUT2D eigenvalue weighted by Crippen LogP contribution is -2.33. The molecule has 0 radical (unpaired) electrons. The van der Waals surface area contributed by atoms with Gasteiger partial charge in [-0.3, -0.25) is 9.59 Å². The van der Waals surface area contributed by atoms with Crippen LogP contribution >= 0.6 is 0 Å². The maximum absolute atomic E-state index is 12.6. The minimum Gasteiger partial charge on any atom is -0.497 e. The van der Waals surface area contributed by atoms with Gasteiger partial charge in [0.25, 0.3) is 0 Å². The Morgan fingerprint density at radius 3 is 2.50 bits per heavy atom. The van der Waals surface area contributed by atoms with Crippen molar-refractivity contribution in [2.45, 2.75) is 13.3 Å². The molecule has 1 N–H and O–H groups in total. The molecule has 1 unspecified atom stereocenters. The molecule has 0 saturated carbocycles. The van der Waals surface area contributed by atoms with Crippen LogP contribution in [-0.2, 0) is 20.7 Å². The van der Waals surface area contributed by atoms with Gasteiger partial charge in [0, 0.05) is 11.8 Å². The number of benzene rings is 2. The largest absolute Gasteiger partial charge is 0.497 e. The Kier molecular flexibility index (Phi) is 6.37. The molecule has 1 amide bonds. The van der Waals surface area contributed by atoms with Crippen LogP contribution in [0.3, 0.4) is 0 Å². The quantitative estimate of drug-likeness (QED) is 0.627. The fourth-order valence-electron chi connectivity index (χ4n) is 2.31. The van der Waals surface area contributed by atoms with Crippen molar-refractivity contribution in [3.63, 3.8) is 0 Å². The highest BCUT2D eigenvalue weighted by Gasteiger charge is 2.28. The molecule has 5 heteroatoms. The number of nitrogens with one attached hydrogen (secondary N) is 1. The molecule has 0 heterocycles. The van der Waals surface area contributed by atoms with Gasteiger partial charge in [-0.05, 0) is 31.0 Å². The van der Waals surface area contributed by atoms with E-state index in [1.807, 2.05) is 30.3 Å². The molecule has 0 aliphatic carbocycles. The molecular weight excluding hydrogens is 306 g/mol. The van der Waals surface area contributed by atoms with E-state index in [0.29, 0.717) is 11.4 Å². The summed E-state index contributed by atoms with van der Waals surface area (Å²) in [5.74, 6) is -1.20. The molecule has 2 aromatic carbocycles. The van der Waals surface area contributed by atoms with Crippen molar-refractivity contribution in [1.29, 1.82) is 0 Å². The Labute approximate surface area is 141 Å². The zero-order valence-electron chi connectivity index (χ0n) is 13.8. The van der Waals surface area contributed by atoms with Crippen LogP contribution in [0.25, 0.3) is 0 Å². The summed E-state index contributed by atoms with van der Waals surface area (Å²) in [4.78, 5) is 24.8. The highest BCUT2D eigenvalue weighted by Crippen LogP contribution is 2.19. The monoisotopic (exact) mass is 327 g/mol. The maximum atomic E-state index is 12.6. The first-order valence-corrected chi connectivity index (χ1v) is 7.79. The Morgan fingerprint density at radius 2 is 1.83 bits per heavy atom. The fraction of sp³-hybridized carbons (Fsp3) is 0.263. The van der Waals surface area contributed by atoms with Crippen molar-refractivity contribution in [3.05, 3.63) is 60.2 Å². The summed E-state index contributed by atoms with van der Waals surface area (Å²) in [6, 6.07) is 16.4. The Hall–Kier alpha value is -2.82.